The van der Waals surface area contributed by atoms with Crippen LogP contribution in [0.1, 0.15) is 31.0 Å². The molecule has 11 nitrogen and oxygen atoms in total. The predicted octanol–water partition coefficient (Wildman–Crippen LogP) is 1.31. The molecular weight excluding hydrogens is 489 g/mol. The SMILES string of the molecule is CCn1cncc1Cn1c(=O)n(Cc2cnn(C)c2)c(=O)c2cc(N(S(=O)[O-])C3(CF)CC3)ccc21. The molecule has 0 spiro atoms. The highest BCUT2D eigenvalue weighted by Crippen LogP contribution is 2.45. The molecule has 0 amide bonds. The van der Waals surface area contributed by atoms with Gasteiger partial charge in [0.2, 0.25) is 0 Å². The lowest BCUT2D eigenvalue weighted by Gasteiger charge is -2.33. The lowest BCUT2D eigenvalue weighted by atomic mass is 10.1. The van der Waals surface area contributed by atoms with Crippen molar-refractivity contribution in [3.63, 3.8) is 0 Å². The Morgan fingerprint density at radius 1 is 1.19 bits per heavy atom. The second-order valence-corrected chi connectivity index (χ2v) is 9.82. The van der Waals surface area contributed by atoms with Crippen LogP contribution in [0.2, 0.25) is 0 Å². The Labute approximate surface area is 207 Å². The molecule has 1 unspecified atom stereocenters. The van der Waals surface area contributed by atoms with Crippen LogP contribution in [0.5, 0.6) is 0 Å². The maximum atomic E-state index is 13.8. The summed E-state index contributed by atoms with van der Waals surface area (Å²) in [5.41, 5.74) is -0.247. The Bertz CT molecular complexity index is 1580. The van der Waals surface area contributed by atoms with E-state index in [4.69, 9.17) is 0 Å². The number of hydrogen-bond acceptors (Lipinski definition) is 6. The summed E-state index contributed by atoms with van der Waals surface area (Å²) < 4.78 is 45.0. The van der Waals surface area contributed by atoms with E-state index >= 15 is 0 Å². The number of rotatable bonds is 9. The second-order valence-electron chi connectivity index (χ2n) is 9.02. The van der Waals surface area contributed by atoms with Crippen LogP contribution in [0.25, 0.3) is 10.9 Å². The highest BCUT2D eigenvalue weighted by atomic mass is 32.2. The number of benzene rings is 1. The molecule has 3 heterocycles. The Morgan fingerprint density at radius 3 is 2.58 bits per heavy atom. The molecule has 1 fully saturated rings. The summed E-state index contributed by atoms with van der Waals surface area (Å²) in [6.07, 6.45) is 7.39. The molecule has 0 radical (unpaired) electrons. The summed E-state index contributed by atoms with van der Waals surface area (Å²) in [6.45, 7) is 1.92. The zero-order chi connectivity index (χ0) is 25.6. The largest absolute Gasteiger partial charge is 0.755 e. The van der Waals surface area contributed by atoms with Gasteiger partial charge in [-0.3, -0.25) is 27.1 Å². The van der Waals surface area contributed by atoms with Gasteiger partial charge in [-0.25, -0.2) is 14.2 Å². The normalized spacial score (nSPS) is 15.3. The molecule has 5 rings (SSSR count). The standard InChI is InChI=1S/C23H26FN7O4S/c1-3-28-15-25-10-18(28)13-29-20-5-4-17(31(36(34)35)23(14-24)6-7-23)8-19(20)21(32)30(22(29)33)12-16-9-26-27(2)11-16/h4-5,8-11,15H,3,6-7,12-14H2,1-2H3,(H,34,35)/p-1. The van der Waals surface area contributed by atoms with Crippen molar-refractivity contribution in [2.45, 2.75) is 44.9 Å². The molecule has 1 aromatic carbocycles. The summed E-state index contributed by atoms with van der Waals surface area (Å²) in [4.78, 5) is 31.3. The molecule has 36 heavy (non-hydrogen) atoms. The molecule has 190 valence electrons. The molecule has 1 aliphatic carbocycles. The fourth-order valence-corrected chi connectivity index (χ4v) is 5.38. The van der Waals surface area contributed by atoms with E-state index in [1.807, 2.05) is 11.5 Å². The zero-order valence-electron chi connectivity index (χ0n) is 19.8. The molecule has 1 atom stereocenters. The zero-order valence-corrected chi connectivity index (χ0v) is 20.7. The number of alkyl halides is 1. The number of anilines is 1. The van der Waals surface area contributed by atoms with Crippen LogP contribution in [0.3, 0.4) is 0 Å². The minimum absolute atomic E-state index is 0.00959. The first-order valence-corrected chi connectivity index (χ1v) is 12.5. The van der Waals surface area contributed by atoms with Crippen molar-refractivity contribution in [1.29, 1.82) is 0 Å². The van der Waals surface area contributed by atoms with E-state index in [2.05, 4.69) is 10.1 Å². The first-order chi connectivity index (χ1) is 17.3. The molecule has 0 N–H and O–H groups in total. The van der Waals surface area contributed by atoms with E-state index in [0.717, 1.165) is 14.6 Å². The molecule has 13 heteroatoms. The van der Waals surface area contributed by atoms with Crippen molar-refractivity contribution in [3.8, 4) is 0 Å². The Morgan fingerprint density at radius 2 is 1.97 bits per heavy atom. The molecular formula is C23H25FN7O4S-. The quantitative estimate of drug-likeness (QED) is 0.310. The van der Waals surface area contributed by atoms with Gasteiger partial charge in [-0.2, -0.15) is 5.10 Å². The van der Waals surface area contributed by atoms with Crippen molar-refractivity contribution in [2.24, 2.45) is 7.05 Å². The summed E-state index contributed by atoms with van der Waals surface area (Å²) >= 11 is -2.74. The second kappa shape index (κ2) is 9.13. The van der Waals surface area contributed by atoms with E-state index in [0.29, 0.717) is 30.5 Å². The van der Waals surface area contributed by atoms with E-state index in [1.54, 1.807) is 42.7 Å². The van der Waals surface area contributed by atoms with Crippen LogP contribution < -0.4 is 15.6 Å². The van der Waals surface area contributed by atoms with Crippen LogP contribution in [0, 0.1) is 0 Å². The van der Waals surface area contributed by atoms with Gasteiger partial charge < -0.3 is 9.12 Å². The molecule has 1 saturated carbocycles. The average Bonchev–Trinajstić information content (AvgIpc) is 3.30. The smallest absolute Gasteiger partial charge is 0.332 e. The number of imidazole rings is 1. The van der Waals surface area contributed by atoms with E-state index in [9.17, 15) is 22.7 Å². The molecule has 0 saturated heterocycles. The highest BCUT2D eigenvalue weighted by Gasteiger charge is 2.49. The van der Waals surface area contributed by atoms with Crippen molar-refractivity contribution >= 4 is 27.9 Å². The Hall–Kier alpha value is -3.58. The van der Waals surface area contributed by atoms with Gasteiger partial charge in [0.05, 0.1) is 47.7 Å². The van der Waals surface area contributed by atoms with Crippen LogP contribution in [-0.4, -0.2) is 49.4 Å². The predicted molar refractivity (Wildman–Crippen MR) is 131 cm³/mol. The van der Waals surface area contributed by atoms with Gasteiger partial charge in [-0.15, -0.1) is 0 Å². The van der Waals surface area contributed by atoms with Gasteiger partial charge in [0.1, 0.15) is 6.67 Å². The first-order valence-electron chi connectivity index (χ1n) is 11.5. The van der Waals surface area contributed by atoms with Gasteiger partial charge in [0, 0.05) is 48.5 Å². The molecule has 3 aromatic heterocycles. The molecule has 1 aliphatic rings. The van der Waals surface area contributed by atoms with Crippen molar-refractivity contribution in [1.82, 2.24) is 28.5 Å². The average molecular weight is 515 g/mol. The van der Waals surface area contributed by atoms with E-state index in [-0.39, 0.29) is 24.2 Å². The number of aromatic nitrogens is 6. The van der Waals surface area contributed by atoms with Crippen molar-refractivity contribution in [3.05, 3.63) is 75.2 Å². The fourth-order valence-electron chi connectivity index (χ4n) is 4.55. The minimum Gasteiger partial charge on any atom is -0.755 e. The summed E-state index contributed by atoms with van der Waals surface area (Å²) in [5.74, 6) is 0. The molecule has 0 aliphatic heterocycles. The number of nitrogens with zero attached hydrogens (tertiary/aromatic N) is 7. The maximum absolute atomic E-state index is 13.8. The third-order valence-corrected chi connectivity index (χ3v) is 7.55. The van der Waals surface area contributed by atoms with Crippen LogP contribution >= 0.6 is 0 Å². The van der Waals surface area contributed by atoms with Crippen molar-refractivity contribution in [2.75, 3.05) is 11.0 Å². The lowest BCUT2D eigenvalue weighted by molar-refractivity contribution is 0.411. The number of aryl methyl sites for hydroxylation is 2. The third kappa shape index (κ3) is 4.07. The minimum atomic E-state index is -2.74. The molecule has 0 bridgehead atoms. The van der Waals surface area contributed by atoms with Gasteiger partial charge in [0.15, 0.2) is 0 Å². The van der Waals surface area contributed by atoms with Crippen molar-refractivity contribution < 1.29 is 13.2 Å². The topological polar surface area (TPSA) is 123 Å². The van der Waals surface area contributed by atoms with E-state index in [1.165, 1.54) is 16.7 Å². The van der Waals surface area contributed by atoms with Gasteiger partial charge >= 0.3 is 5.69 Å². The number of fused-ring (bicyclic) bond motifs is 1. The van der Waals surface area contributed by atoms with Gasteiger partial charge in [0.25, 0.3) is 5.56 Å². The van der Waals surface area contributed by atoms with Crippen LogP contribution in [0.4, 0.5) is 10.1 Å². The van der Waals surface area contributed by atoms with Crippen LogP contribution in [0.15, 0.2) is 52.7 Å². The molecule has 4 aromatic rings. The Kier molecular flexibility index (Phi) is 6.12. The van der Waals surface area contributed by atoms with Gasteiger partial charge in [-0.05, 0) is 38.0 Å². The third-order valence-electron chi connectivity index (χ3n) is 6.66. The summed E-state index contributed by atoms with van der Waals surface area (Å²) in [6, 6.07) is 4.48. The number of halogens is 1. The monoisotopic (exact) mass is 514 g/mol. The highest BCUT2D eigenvalue weighted by molar-refractivity contribution is 7.80. The summed E-state index contributed by atoms with van der Waals surface area (Å²) in [5, 5.41) is 4.27. The van der Waals surface area contributed by atoms with Gasteiger partial charge in [-0.1, -0.05) is 0 Å². The number of hydrogen-bond donors (Lipinski definition) is 0. The van der Waals surface area contributed by atoms with E-state index < -0.39 is 34.7 Å². The fraction of sp³-hybridized carbons (Fsp3) is 0.391. The van der Waals surface area contributed by atoms with Crippen LogP contribution in [-0.2, 0) is 37.9 Å². The maximum Gasteiger partial charge on any atom is 0.332 e. The Balaban J connectivity index is 1.72. The summed E-state index contributed by atoms with van der Waals surface area (Å²) in [7, 11) is 1.74. The first kappa shape index (κ1) is 24.1. The lowest BCUT2D eigenvalue weighted by Crippen LogP contribution is -2.42.